The third-order valence-corrected chi connectivity index (χ3v) is 4.11. The fraction of sp³-hybridized carbons (Fsp3) is 0.0769. The van der Waals surface area contributed by atoms with Crippen LogP contribution in [0.1, 0.15) is 5.56 Å². The third kappa shape index (κ3) is 4.08. The minimum absolute atomic E-state index is 0.308. The lowest BCUT2D eigenvalue weighted by Gasteiger charge is -2.06. The number of nitrogens with zero attached hydrogens (tertiary/aromatic N) is 3. The fourth-order valence-electron chi connectivity index (χ4n) is 1.47. The molecule has 0 saturated carbocycles. The molecule has 0 bridgehead atoms. The van der Waals surface area contributed by atoms with Gasteiger partial charge in [0.25, 0.3) is 0 Å². The maximum Gasteiger partial charge on any atom is 0.0548 e. The average molecular weight is 310 g/mol. The molecule has 0 aromatic heterocycles. The van der Waals surface area contributed by atoms with Gasteiger partial charge in [-0.3, -0.25) is 0 Å². The van der Waals surface area contributed by atoms with Crippen LogP contribution in [0.3, 0.4) is 0 Å². The van der Waals surface area contributed by atoms with E-state index in [1.807, 2.05) is 42.5 Å². The molecule has 2 aromatic carbocycles. The van der Waals surface area contributed by atoms with E-state index in [0.29, 0.717) is 16.6 Å². The molecule has 0 N–H and O–H groups in total. The molecule has 2 aromatic rings. The van der Waals surface area contributed by atoms with Gasteiger partial charge in [0.05, 0.1) is 11.6 Å². The van der Waals surface area contributed by atoms with Gasteiger partial charge >= 0.3 is 0 Å². The first-order valence-electron chi connectivity index (χ1n) is 5.42. The van der Waals surface area contributed by atoms with Gasteiger partial charge in [-0.2, -0.15) is 0 Å². The monoisotopic (exact) mass is 309 g/mol. The van der Waals surface area contributed by atoms with Crippen molar-refractivity contribution in [2.24, 2.45) is 5.11 Å². The molecule has 0 aliphatic heterocycles. The van der Waals surface area contributed by atoms with Crippen LogP contribution in [0.15, 0.2) is 57.4 Å². The Kier molecular flexibility index (Phi) is 5.00. The summed E-state index contributed by atoms with van der Waals surface area (Å²) in [6, 6.07) is 13.2. The van der Waals surface area contributed by atoms with Gasteiger partial charge in [-0.05, 0) is 47.5 Å². The highest BCUT2D eigenvalue weighted by Gasteiger charge is 2.04. The molecule has 2 rings (SSSR count). The minimum atomic E-state index is 0.308. The van der Waals surface area contributed by atoms with Crippen molar-refractivity contribution in [2.75, 3.05) is 0 Å². The normalized spacial score (nSPS) is 10.0. The number of hydrogen-bond donors (Lipinski definition) is 0. The van der Waals surface area contributed by atoms with Crippen LogP contribution in [0.25, 0.3) is 10.4 Å². The Morgan fingerprint density at radius 3 is 2.47 bits per heavy atom. The number of hydrogen-bond acceptors (Lipinski definition) is 2. The smallest absolute Gasteiger partial charge is 0.0548 e. The van der Waals surface area contributed by atoms with Crippen molar-refractivity contribution < 1.29 is 0 Å². The molecule has 0 aliphatic rings. The molecule has 0 heterocycles. The molecule has 0 radical (unpaired) electrons. The van der Waals surface area contributed by atoms with Gasteiger partial charge in [0, 0.05) is 19.7 Å². The largest absolute Gasteiger partial charge is 0.0893 e. The molecule has 0 amide bonds. The van der Waals surface area contributed by atoms with Crippen molar-refractivity contribution in [3.63, 3.8) is 0 Å². The first-order valence-corrected chi connectivity index (χ1v) is 6.99. The van der Waals surface area contributed by atoms with Crippen LogP contribution in [0.5, 0.6) is 0 Å². The summed E-state index contributed by atoms with van der Waals surface area (Å²) in [5.74, 6) is 0. The van der Waals surface area contributed by atoms with Crippen molar-refractivity contribution in [1.29, 1.82) is 0 Å². The SMILES string of the molecule is [N-]=[N+]=NCc1ccc(Sc2ccc(Cl)cc2)c(Cl)c1. The van der Waals surface area contributed by atoms with Crippen molar-refractivity contribution in [1.82, 2.24) is 0 Å². The Labute approximate surface area is 125 Å². The Bertz CT molecular complexity index is 622. The maximum absolute atomic E-state index is 8.28. The molecule has 6 heteroatoms. The van der Waals surface area contributed by atoms with Gasteiger partial charge in [0.1, 0.15) is 0 Å². The molecule has 3 nitrogen and oxygen atoms in total. The van der Waals surface area contributed by atoms with E-state index in [1.165, 1.54) is 0 Å². The van der Waals surface area contributed by atoms with E-state index in [4.69, 9.17) is 28.7 Å². The Hall–Kier alpha value is -1.32. The lowest BCUT2D eigenvalue weighted by molar-refractivity contribution is 1.04. The van der Waals surface area contributed by atoms with Gasteiger partial charge in [0.15, 0.2) is 0 Å². The summed E-state index contributed by atoms with van der Waals surface area (Å²) in [7, 11) is 0. The summed E-state index contributed by atoms with van der Waals surface area (Å²) in [4.78, 5) is 4.74. The van der Waals surface area contributed by atoms with E-state index in [9.17, 15) is 0 Å². The van der Waals surface area contributed by atoms with Gasteiger partial charge in [-0.1, -0.05) is 46.1 Å². The second-order valence-corrected chi connectivity index (χ2v) is 5.67. The summed E-state index contributed by atoms with van der Waals surface area (Å²) >= 11 is 13.6. The minimum Gasteiger partial charge on any atom is -0.0893 e. The highest BCUT2D eigenvalue weighted by Crippen LogP contribution is 2.34. The second kappa shape index (κ2) is 6.73. The molecule has 96 valence electrons. The van der Waals surface area contributed by atoms with Crippen molar-refractivity contribution in [3.05, 3.63) is 68.5 Å². The van der Waals surface area contributed by atoms with Crippen LogP contribution in [0.4, 0.5) is 0 Å². The first-order chi connectivity index (χ1) is 9.19. The van der Waals surface area contributed by atoms with Gasteiger partial charge in [0.2, 0.25) is 0 Å². The maximum atomic E-state index is 8.28. The lowest BCUT2D eigenvalue weighted by atomic mass is 10.2. The predicted octanol–water partition coefficient (Wildman–Crippen LogP) is 5.95. The summed E-state index contributed by atoms with van der Waals surface area (Å²) in [5.41, 5.74) is 9.17. The number of azide groups is 1. The van der Waals surface area contributed by atoms with Crippen LogP contribution in [0.2, 0.25) is 10.0 Å². The van der Waals surface area contributed by atoms with Crippen molar-refractivity contribution in [2.45, 2.75) is 16.3 Å². The Morgan fingerprint density at radius 2 is 1.84 bits per heavy atom. The van der Waals surface area contributed by atoms with E-state index in [0.717, 1.165) is 15.4 Å². The Balaban J connectivity index is 2.16. The van der Waals surface area contributed by atoms with Crippen LogP contribution in [-0.4, -0.2) is 0 Å². The fourth-order valence-corrected chi connectivity index (χ4v) is 2.73. The first kappa shape index (κ1) is 14.1. The quantitative estimate of drug-likeness (QED) is 0.391. The zero-order valence-electron chi connectivity index (χ0n) is 9.75. The second-order valence-electron chi connectivity index (χ2n) is 3.71. The molecular formula is C13H9Cl2N3S. The molecule has 0 aliphatic carbocycles. The van der Waals surface area contributed by atoms with E-state index in [-0.39, 0.29) is 0 Å². The van der Waals surface area contributed by atoms with Crippen LogP contribution in [-0.2, 0) is 6.54 Å². The summed E-state index contributed by atoms with van der Waals surface area (Å²) in [6.45, 7) is 0.308. The van der Waals surface area contributed by atoms with Crippen molar-refractivity contribution >= 4 is 35.0 Å². The summed E-state index contributed by atoms with van der Waals surface area (Å²) < 4.78 is 0. The van der Waals surface area contributed by atoms with Crippen LogP contribution < -0.4 is 0 Å². The lowest BCUT2D eigenvalue weighted by Crippen LogP contribution is -1.82. The summed E-state index contributed by atoms with van der Waals surface area (Å²) in [5, 5.41) is 4.86. The summed E-state index contributed by atoms with van der Waals surface area (Å²) in [6.07, 6.45) is 0. The topological polar surface area (TPSA) is 48.8 Å². The van der Waals surface area contributed by atoms with E-state index >= 15 is 0 Å². The van der Waals surface area contributed by atoms with E-state index < -0.39 is 0 Å². The molecule has 0 unspecified atom stereocenters. The number of rotatable bonds is 4. The average Bonchev–Trinajstić information content (AvgIpc) is 2.41. The molecule has 0 fully saturated rings. The van der Waals surface area contributed by atoms with E-state index in [2.05, 4.69) is 10.0 Å². The van der Waals surface area contributed by atoms with Gasteiger partial charge < -0.3 is 0 Å². The molecule has 0 saturated heterocycles. The highest BCUT2D eigenvalue weighted by molar-refractivity contribution is 7.99. The number of halogens is 2. The van der Waals surface area contributed by atoms with Gasteiger partial charge in [-0.15, -0.1) is 0 Å². The standard InChI is InChI=1S/C13H9Cl2N3S/c14-10-2-4-11(5-3-10)19-13-6-1-9(7-12(13)15)8-17-18-16/h1-7H,8H2. The van der Waals surface area contributed by atoms with Crippen LogP contribution >= 0.6 is 35.0 Å². The predicted molar refractivity (Wildman–Crippen MR) is 79.9 cm³/mol. The van der Waals surface area contributed by atoms with Gasteiger partial charge in [-0.25, -0.2) is 0 Å². The molecule has 0 spiro atoms. The molecule has 0 atom stereocenters. The zero-order chi connectivity index (χ0) is 13.7. The molecule has 19 heavy (non-hydrogen) atoms. The highest BCUT2D eigenvalue weighted by atomic mass is 35.5. The Morgan fingerprint density at radius 1 is 1.11 bits per heavy atom. The van der Waals surface area contributed by atoms with E-state index in [1.54, 1.807) is 11.8 Å². The zero-order valence-corrected chi connectivity index (χ0v) is 12.1. The molecular weight excluding hydrogens is 301 g/mol. The van der Waals surface area contributed by atoms with Crippen molar-refractivity contribution in [3.8, 4) is 0 Å². The van der Waals surface area contributed by atoms with Crippen LogP contribution in [0, 0.1) is 0 Å². The third-order valence-electron chi connectivity index (χ3n) is 2.35. The number of benzene rings is 2.